The van der Waals surface area contributed by atoms with Crippen LogP contribution in [-0.4, -0.2) is 22.9 Å². The molecular formula is C12H15Br2ClN2. The van der Waals surface area contributed by atoms with Crippen LogP contribution in [-0.2, 0) is 0 Å². The van der Waals surface area contributed by atoms with Crippen molar-refractivity contribution in [3.05, 3.63) is 21.8 Å². The van der Waals surface area contributed by atoms with Gasteiger partial charge < -0.3 is 4.90 Å². The van der Waals surface area contributed by atoms with Gasteiger partial charge in [0.05, 0.1) is 9.50 Å². The Morgan fingerprint density at radius 2 is 2.12 bits per heavy atom. The van der Waals surface area contributed by atoms with Crippen molar-refractivity contribution in [2.45, 2.75) is 31.7 Å². The molecule has 94 valence electrons. The van der Waals surface area contributed by atoms with Gasteiger partial charge in [0, 0.05) is 24.1 Å². The molecule has 1 heterocycles. The van der Waals surface area contributed by atoms with E-state index in [2.05, 4.69) is 41.7 Å². The quantitative estimate of drug-likeness (QED) is 0.705. The lowest BCUT2D eigenvalue weighted by Crippen LogP contribution is -2.35. The summed E-state index contributed by atoms with van der Waals surface area (Å²) in [6.07, 6.45) is 6.91. The molecule has 0 saturated heterocycles. The van der Waals surface area contributed by atoms with Crippen LogP contribution in [0.1, 0.15) is 25.7 Å². The smallest absolute Gasteiger partial charge is 0.143 e. The van der Waals surface area contributed by atoms with Gasteiger partial charge in [0.2, 0.25) is 0 Å². The van der Waals surface area contributed by atoms with E-state index in [1.54, 1.807) is 6.20 Å². The predicted molar refractivity (Wildman–Crippen MR) is 80.3 cm³/mol. The van der Waals surface area contributed by atoms with Crippen molar-refractivity contribution < 1.29 is 0 Å². The highest BCUT2D eigenvalue weighted by atomic mass is 79.9. The molecule has 0 amide bonds. The Hall–Kier alpha value is 0.200. The second-order valence-electron chi connectivity index (χ2n) is 4.28. The first-order chi connectivity index (χ1) is 8.22. The van der Waals surface area contributed by atoms with Gasteiger partial charge in [-0.1, -0.05) is 40.4 Å². The fourth-order valence-electron chi connectivity index (χ4n) is 2.39. The third kappa shape index (κ3) is 3.36. The Bertz CT molecular complexity index is 381. The van der Waals surface area contributed by atoms with E-state index in [1.807, 2.05) is 6.07 Å². The lowest BCUT2D eigenvalue weighted by atomic mass is 10.2. The summed E-state index contributed by atoms with van der Waals surface area (Å²) in [6, 6.07) is 2.54. The highest BCUT2D eigenvalue weighted by molar-refractivity contribution is 9.10. The molecule has 1 fully saturated rings. The van der Waals surface area contributed by atoms with E-state index in [1.165, 1.54) is 25.7 Å². The van der Waals surface area contributed by atoms with E-state index in [0.717, 1.165) is 22.2 Å². The summed E-state index contributed by atoms with van der Waals surface area (Å²) >= 11 is 13.0. The van der Waals surface area contributed by atoms with E-state index in [0.29, 0.717) is 11.1 Å². The number of nitrogens with zero attached hydrogens (tertiary/aromatic N) is 2. The van der Waals surface area contributed by atoms with Crippen LogP contribution in [0.15, 0.2) is 16.7 Å². The summed E-state index contributed by atoms with van der Waals surface area (Å²) in [7, 11) is 0. The molecule has 0 aromatic carbocycles. The second kappa shape index (κ2) is 6.39. The van der Waals surface area contributed by atoms with Crippen LogP contribution >= 0.6 is 43.5 Å². The summed E-state index contributed by atoms with van der Waals surface area (Å²) < 4.78 is 0.984. The number of halogens is 3. The normalized spacial score (nSPS) is 16.4. The van der Waals surface area contributed by atoms with Crippen molar-refractivity contribution in [3.63, 3.8) is 0 Å². The Kier molecular flexibility index (Phi) is 5.12. The molecule has 17 heavy (non-hydrogen) atoms. The molecule has 2 nitrogen and oxygen atoms in total. The van der Waals surface area contributed by atoms with E-state index in [4.69, 9.17) is 11.6 Å². The molecular weight excluding hydrogens is 367 g/mol. The fourth-order valence-corrected chi connectivity index (χ4v) is 3.64. The Labute approximate surface area is 124 Å². The molecule has 1 saturated carbocycles. The fraction of sp³-hybridized carbons (Fsp3) is 0.583. The predicted octanol–water partition coefficient (Wildman–Crippen LogP) is 4.64. The van der Waals surface area contributed by atoms with E-state index in [-0.39, 0.29) is 0 Å². The van der Waals surface area contributed by atoms with Gasteiger partial charge in [-0.15, -0.1) is 0 Å². The lowest BCUT2D eigenvalue weighted by Gasteiger charge is -2.30. The second-order valence-corrected chi connectivity index (χ2v) is 6.36. The van der Waals surface area contributed by atoms with Gasteiger partial charge in [0.25, 0.3) is 0 Å². The number of anilines is 1. The lowest BCUT2D eigenvalue weighted by molar-refractivity contribution is 0.615. The summed E-state index contributed by atoms with van der Waals surface area (Å²) in [4.78, 5) is 6.86. The van der Waals surface area contributed by atoms with Crippen LogP contribution in [0.3, 0.4) is 0 Å². The Balaban J connectivity index is 2.24. The largest absolute Gasteiger partial charge is 0.352 e. The maximum atomic E-state index is 5.94. The van der Waals surface area contributed by atoms with Crippen LogP contribution in [0.5, 0.6) is 0 Å². The van der Waals surface area contributed by atoms with E-state index in [9.17, 15) is 0 Å². The summed E-state index contributed by atoms with van der Waals surface area (Å²) in [6.45, 7) is 0.984. The molecule has 1 aliphatic rings. The zero-order chi connectivity index (χ0) is 12.3. The molecule has 0 unspecified atom stereocenters. The zero-order valence-electron chi connectivity index (χ0n) is 9.50. The minimum atomic E-state index is 0.623. The van der Waals surface area contributed by atoms with Gasteiger partial charge in [-0.2, -0.15) is 0 Å². The molecule has 1 aliphatic carbocycles. The minimum Gasteiger partial charge on any atom is -0.352 e. The van der Waals surface area contributed by atoms with Crippen molar-refractivity contribution in [1.29, 1.82) is 0 Å². The maximum Gasteiger partial charge on any atom is 0.143 e. The van der Waals surface area contributed by atoms with Crippen molar-refractivity contribution >= 4 is 49.3 Å². The third-order valence-corrected chi connectivity index (χ3v) is 4.30. The first-order valence-electron chi connectivity index (χ1n) is 5.86. The molecule has 1 aromatic rings. The third-order valence-electron chi connectivity index (χ3n) is 3.15. The van der Waals surface area contributed by atoms with Crippen LogP contribution in [0, 0.1) is 0 Å². The number of rotatable bonds is 4. The number of hydrogen-bond acceptors (Lipinski definition) is 2. The van der Waals surface area contributed by atoms with E-state index < -0.39 is 0 Å². The molecule has 5 heteroatoms. The van der Waals surface area contributed by atoms with Gasteiger partial charge >= 0.3 is 0 Å². The first kappa shape index (κ1) is 13.6. The topological polar surface area (TPSA) is 16.1 Å². The molecule has 0 radical (unpaired) electrons. The van der Waals surface area contributed by atoms with E-state index >= 15 is 0 Å². The van der Waals surface area contributed by atoms with Gasteiger partial charge in [-0.05, 0) is 34.8 Å². The van der Waals surface area contributed by atoms with Gasteiger partial charge in [0.1, 0.15) is 5.82 Å². The Morgan fingerprint density at radius 3 is 2.71 bits per heavy atom. The number of aromatic nitrogens is 1. The molecule has 0 bridgehead atoms. The molecule has 0 atom stereocenters. The number of pyridine rings is 1. The number of hydrogen-bond donors (Lipinski definition) is 0. The average molecular weight is 383 g/mol. The standard InChI is InChI=1S/C12H15Br2ClN2/c13-5-6-17(10-3-1-2-4-10)12-11(14)7-9(15)8-16-12/h7-8,10H,1-6H2. The average Bonchev–Trinajstić information content (AvgIpc) is 2.80. The van der Waals surface area contributed by atoms with Gasteiger partial charge in [-0.25, -0.2) is 4.98 Å². The van der Waals surface area contributed by atoms with Crippen LogP contribution in [0.4, 0.5) is 5.82 Å². The number of alkyl halides is 1. The summed E-state index contributed by atoms with van der Waals surface area (Å²) in [5.41, 5.74) is 0. The summed E-state index contributed by atoms with van der Waals surface area (Å²) in [5, 5.41) is 1.63. The molecule has 0 N–H and O–H groups in total. The SMILES string of the molecule is Clc1cnc(N(CCBr)C2CCCC2)c(Br)c1. The monoisotopic (exact) mass is 380 g/mol. The van der Waals surface area contributed by atoms with Crippen LogP contribution < -0.4 is 4.90 Å². The highest BCUT2D eigenvalue weighted by Gasteiger charge is 2.24. The first-order valence-corrected chi connectivity index (χ1v) is 8.15. The minimum absolute atomic E-state index is 0.623. The van der Waals surface area contributed by atoms with Crippen molar-refractivity contribution in [2.75, 3.05) is 16.8 Å². The summed E-state index contributed by atoms with van der Waals surface area (Å²) in [5.74, 6) is 1.01. The van der Waals surface area contributed by atoms with Crippen molar-refractivity contribution in [2.24, 2.45) is 0 Å². The van der Waals surface area contributed by atoms with Crippen molar-refractivity contribution in [1.82, 2.24) is 4.98 Å². The van der Waals surface area contributed by atoms with Crippen molar-refractivity contribution in [3.8, 4) is 0 Å². The molecule has 2 rings (SSSR count). The maximum absolute atomic E-state index is 5.94. The highest BCUT2D eigenvalue weighted by Crippen LogP contribution is 2.32. The van der Waals surface area contributed by atoms with Gasteiger partial charge in [-0.3, -0.25) is 0 Å². The molecule has 1 aromatic heterocycles. The molecule has 0 spiro atoms. The Morgan fingerprint density at radius 1 is 1.41 bits per heavy atom. The zero-order valence-corrected chi connectivity index (χ0v) is 13.4. The van der Waals surface area contributed by atoms with Gasteiger partial charge in [0.15, 0.2) is 0 Å². The molecule has 0 aliphatic heterocycles. The van der Waals surface area contributed by atoms with Crippen LogP contribution in [0.2, 0.25) is 5.02 Å². The van der Waals surface area contributed by atoms with Crippen LogP contribution in [0.25, 0.3) is 0 Å².